The normalized spacial score (nSPS) is 12.7. The molecule has 0 heterocycles. The fourth-order valence-electron chi connectivity index (χ4n) is 1.67. The van der Waals surface area contributed by atoms with Gasteiger partial charge < -0.3 is 13.8 Å². The van der Waals surface area contributed by atoms with Gasteiger partial charge in [-0.25, -0.2) is 0 Å². The Kier molecular flexibility index (Phi) is 8.05. The maximum atomic E-state index is 12.6. The Balaban J connectivity index is 2.67. The third-order valence-electron chi connectivity index (χ3n) is 2.55. The van der Waals surface area contributed by atoms with Crippen LogP contribution in [0, 0.1) is 0 Å². The van der Waals surface area contributed by atoms with Gasteiger partial charge in [-0.1, -0.05) is 35.4 Å². The van der Waals surface area contributed by atoms with Crippen molar-refractivity contribution >= 4 is 7.60 Å². The Bertz CT molecular complexity index is 495. The van der Waals surface area contributed by atoms with Gasteiger partial charge in [-0.05, 0) is 24.9 Å². The number of hydrogen-bond acceptors (Lipinski definition) is 5. The highest BCUT2D eigenvalue weighted by molar-refractivity contribution is 7.54. The van der Waals surface area contributed by atoms with Gasteiger partial charge in [-0.15, -0.1) is 0 Å². The van der Waals surface area contributed by atoms with Gasteiger partial charge in [0.05, 0.1) is 26.4 Å². The van der Waals surface area contributed by atoms with Crippen LogP contribution in [0.25, 0.3) is 10.4 Å². The monoisotopic (exact) mass is 313 g/mol. The molecular weight excluding hydrogens is 293 g/mol. The van der Waals surface area contributed by atoms with E-state index in [1.54, 1.807) is 13.8 Å². The third-order valence-corrected chi connectivity index (χ3v) is 4.77. The first kappa shape index (κ1) is 17.7. The van der Waals surface area contributed by atoms with E-state index in [2.05, 4.69) is 10.0 Å². The summed E-state index contributed by atoms with van der Waals surface area (Å²) in [6.07, 6.45) is 0. The molecule has 0 spiro atoms. The second-order valence-electron chi connectivity index (χ2n) is 4.06. The van der Waals surface area contributed by atoms with Crippen LogP contribution in [-0.4, -0.2) is 25.6 Å². The number of benzene rings is 1. The second kappa shape index (κ2) is 9.55. The summed E-state index contributed by atoms with van der Waals surface area (Å²) in [5, 5.41) is 3.51. The van der Waals surface area contributed by atoms with Crippen LogP contribution in [0.2, 0.25) is 0 Å². The molecule has 8 heteroatoms. The molecule has 21 heavy (non-hydrogen) atoms. The quantitative estimate of drug-likeness (QED) is 0.281. The molecule has 0 aromatic heterocycles. The van der Waals surface area contributed by atoms with Gasteiger partial charge >= 0.3 is 7.60 Å². The van der Waals surface area contributed by atoms with E-state index in [-0.39, 0.29) is 19.8 Å². The molecule has 0 aliphatic carbocycles. The highest BCUT2D eigenvalue weighted by atomic mass is 31.2. The van der Waals surface area contributed by atoms with E-state index in [0.29, 0.717) is 6.61 Å². The van der Waals surface area contributed by atoms with E-state index in [1.165, 1.54) is 0 Å². The summed E-state index contributed by atoms with van der Waals surface area (Å²) in [5.74, 6) is -0.994. The molecule has 1 atom stereocenters. The molecule has 0 radical (unpaired) electrons. The molecule has 0 amide bonds. The predicted octanol–water partition coefficient (Wildman–Crippen LogP) is 4.11. The van der Waals surface area contributed by atoms with Crippen molar-refractivity contribution in [2.45, 2.75) is 26.2 Å². The van der Waals surface area contributed by atoms with Crippen molar-refractivity contribution in [1.82, 2.24) is 0 Å². The highest BCUT2D eigenvalue weighted by Crippen LogP contribution is 2.53. The Morgan fingerprint density at radius 3 is 2.38 bits per heavy atom. The number of hydrogen-bond donors (Lipinski definition) is 0. The molecule has 0 aliphatic heterocycles. The van der Waals surface area contributed by atoms with E-state index in [4.69, 9.17) is 19.3 Å². The lowest BCUT2D eigenvalue weighted by Crippen LogP contribution is -2.17. The Labute approximate surface area is 124 Å². The molecule has 0 saturated carbocycles. The molecule has 1 aromatic rings. The molecular formula is C13H20N3O4P. The van der Waals surface area contributed by atoms with Crippen molar-refractivity contribution in [3.63, 3.8) is 0 Å². The minimum absolute atomic E-state index is 0.0315. The van der Waals surface area contributed by atoms with Crippen LogP contribution in [0.5, 0.6) is 0 Å². The summed E-state index contributed by atoms with van der Waals surface area (Å²) in [6, 6.07) is 9.52. The summed E-state index contributed by atoms with van der Waals surface area (Å²) < 4.78 is 28.4. The lowest BCUT2D eigenvalue weighted by Gasteiger charge is -2.22. The van der Waals surface area contributed by atoms with Gasteiger partial charge in [0, 0.05) is 4.91 Å². The van der Waals surface area contributed by atoms with Crippen LogP contribution in [0.1, 0.15) is 19.4 Å². The minimum Gasteiger partial charge on any atom is -0.376 e. The lowest BCUT2D eigenvalue weighted by molar-refractivity contribution is 0.109. The Morgan fingerprint density at radius 2 is 1.86 bits per heavy atom. The summed E-state index contributed by atoms with van der Waals surface area (Å²) in [4.78, 5) is 2.71. The predicted molar refractivity (Wildman–Crippen MR) is 79.9 cm³/mol. The van der Waals surface area contributed by atoms with Gasteiger partial charge in [-0.3, -0.25) is 4.57 Å². The molecule has 7 nitrogen and oxygen atoms in total. The lowest BCUT2D eigenvalue weighted by atomic mass is 10.2. The van der Waals surface area contributed by atoms with E-state index in [9.17, 15) is 4.57 Å². The average Bonchev–Trinajstić information content (AvgIpc) is 2.48. The zero-order valence-electron chi connectivity index (χ0n) is 12.2. The van der Waals surface area contributed by atoms with E-state index in [0.717, 1.165) is 5.56 Å². The number of nitrogens with zero attached hydrogens (tertiary/aromatic N) is 3. The van der Waals surface area contributed by atoms with Gasteiger partial charge in [0.2, 0.25) is 0 Å². The largest absolute Gasteiger partial charge is 0.376 e. The molecule has 0 saturated heterocycles. The zero-order chi connectivity index (χ0) is 15.6. The fraction of sp³-hybridized carbons (Fsp3) is 0.538. The van der Waals surface area contributed by atoms with Crippen molar-refractivity contribution in [2.24, 2.45) is 5.11 Å². The van der Waals surface area contributed by atoms with Gasteiger partial charge in [0.25, 0.3) is 0 Å². The van der Waals surface area contributed by atoms with E-state index < -0.39 is 13.4 Å². The van der Waals surface area contributed by atoms with Crippen LogP contribution in [0.3, 0.4) is 0 Å². The maximum Gasteiger partial charge on any atom is 0.341 e. The molecule has 116 valence electrons. The van der Waals surface area contributed by atoms with E-state index in [1.807, 2.05) is 30.3 Å². The summed E-state index contributed by atoms with van der Waals surface area (Å²) in [6.45, 7) is 4.10. The zero-order valence-corrected chi connectivity index (χ0v) is 13.1. The van der Waals surface area contributed by atoms with Gasteiger partial charge in [0.1, 0.15) is 0 Å². The Morgan fingerprint density at radius 1 is 1.24 bits per heavy atom. The third kappa shape index (κ3) is 5.87. The number of rotatable bonds is 10. The average molecular weight is 313 g/mol. The second-order valence-corrected chi connectivity index (χ2v) is 6.25. The molecule has 0 N–H and O–H groups in total. The first-order valence-electron chi connectivity index (χ1n) is 6.71. The number of ether oxygens (including phenoxy) is 1. The van der Waals surface area contributed by atoms with Crippen molar-refractivity contribution in [1.29, 1.82) is 0 Å². The minimum atomic E-state index is -3.51. The summed E-state index contributed by atoms with van der Waals surface area (Å²) in [5.41, 5.74) is 9.60. The molecule has 1 aromatic carbocycles. The van der Waals surface area contributed by atoms with Crippen LogP contribution in [-0.2, 0) is 25.0 Å². The topological polar surface area (TPSA) is 93.5 Å². The standard InChI is InChI=1S/C13H20N3O4P/c1-3-19-21(17,20-4-2)13(15-16-14)11-18-10-12-8-6-5-7-9-12/h5-9,13H,3-4,10-11H2,1-2H3. The first-order chi connectivity index (χ1) is 10.2. The molecule has 0 fully saturated rings. The van der Waals surface area contributed by atoms with Gasteiger partial charge in [0.15, 0.2) is 5.78 Å². The summed E-state index contributed by atoms with van der Waals surface area (Å²) in [7, 11) is -3.51. The van der Waals surface area contributed by atoms with E-state index >= 15 is 0 Å². The molecule has 0 aliphatic rings. The fourth-order valence-corrected chi connectivity index (χ4v) is 3.27. The van der Waals surface area contributed by atoms with Crippen LogP contribution in [0.4, 0.5) is 0 Å². The smallest absolute Gasteiger partial charge is 0.341 e. The summed E-state index contributed by atoms with van der Waals surface area (Å²) >= 11 is 0. The van der Waals surface area contributed by atoms with Crippen LogP contribution < -0.4 is 0 Å². The number of azide groups is 1. The van der Waals surface area contributed by atoms with Crippen molar-refractivity contribution in [3.05, 3.63) is 46.3 Å². The Hall–Kier alpha value is -1.36. The SMILES string of the molecule is CCOP(=O)(OCC)C(COCc1ccccc1)N=[N+]=[N-]. The van der Waals surface area contributed by atoms with Gasteiger partial charge in [-0.2, -0.15) is 0 Å². The van der Waals surface area contributed by atoms with Crippen LogP contribution in [0.15, 0.2) is 35.4 Å². The molecule has 1 rings (SSSR count). The van der Waals surface area contributed by atoms with Crippen molar-refractivity contribution < 1.29 is 18.3 Å². The van der Waals surface area contributed by atoms with Crippen LogP contribution >= 0.6 is 7.60 Å². The first-order valence-corrected chi connectivity index (χ1v) is 8.32. The maximum absolute atomic E-state index is 12.6. The highest BCUT2D eigenvalue weighted by Gasteiger charge is 2.35. The van der Waals surface area contributed by atoms with Crippen molar-refractivity contribution in [2.75, 3.05) is 19.8 Å². The molecule has 1 unspecified atom stereocenters. The van der Waals surface area contributed by atoms with Crippen molar-refractivity contribution in [3.8, 4) is 0 Å². The molecule has 0 bridgehead atoms.